The summed E-state index contributed by atoms with van der Waals surface area (Å²) in [5.41, 5.74) is 8.32. The molecule has 0 radical (unpaired) electrons. The van der Waals surface area contributed by atoms with Gasteiger partial charge in [-0.1, -0.05) is 12.1 Å². The Balaban J connectivity index is 1.63. The van der Waals surface area contributed by atoms with E-state index >= 15 is 0 Å². The van der Waals surface area contributed by atoms with Crippen molar-refractivity contribution in [3.05, 3.63) is 94.9 Å². The summed E-state index contributed by atoms with van der Waals surface area (Å²) in [6, 6.07) is 11.3. The molecule has 1 atom stereocenters. The molecule has 194 valence electrons. The second-order valence-electron chi connectivity index (χ2n) is 8.78. The third-order valence-electron chi connectivity index (χ3n) is 6.43. The normalized spacial score (nSPS) is 12.3. The van der Waals surface area contributed by atoms with Crippen LogP contribution in [0.5, 0.6) is 0 Å². The molecule has 1 unspecified atom stereocenters. The van der Waals surface area contributed by atoms with E-state index in [9.17, 15) is 13.6 Å². The van der Waals surface area contributed by atoms with Crippen LogP contribution in [0.2, 0.25) is 0 Å². The summed E-state index contributed by atoms with van der Waals surface area (Å²) in [4.78, 5) is 31.5. The summed E-state index contributed by atoms with van der Waals surface area (Å²) >= 11 is 1.51. The summed E-state index contributed by atoms with van der Waals surface area (Å²) in [5.74, 6) is -0.897. The van der Waals surface area contributed by atoms with Gasteiger partial charge in [-0.2, -0.15) is 5.10 Å². The topological polar surface area (TPSA) is 117 Å². The maximum Gasteiger partial charge on any atom is 0.266 e. The van der Waals surface area contributed by atoms with E-state index in [0.717, 1.165) is 15.6 Å². The van der Waals surface area contributed by atoms with E-state index < -0.39 is 23.2 Å². The molecule has 5 aromatic heterocycles. The average Bonchev–Trinajstić information content (AvgIpc) is 3.34. The Bertz CT molecular complexity index is 1940. The van der Waals surface area contributed by atoms with E-state index in [4.69, 9.17) is 15.8 Å². The van der Waals surface area contributed by atoms with Crippen molar-refractivity contribution in [3.8, 4) is 22.4 Å². The first-order valence-corrected chi connectivity index (χ1v) is 13.0. The molecule has 0 aliphatic rings. The third-order valence-corrected chi connectivity index (χ3v) is 7.09. The Labute approximate surface area is 224 Å². The predicted molar refractivity (Wildman–Crippen MR) is 145 cm³/mol. The molecule has 0 bridgehead atoms. The number of pyridine rings is 2. The fourth-order valence-electron chi connectivity index (χ4n) is 4.57. The van der Waals surface area contributed by atoms with Crippen LogP contribution in [0, 0.1) is 11.6 Å². The van der Waals surface area contributed by atoms with Crippen LogP contribution in [0.4, 0.5) is 14.6 Å². The SMILES string of the molecule is CSc1ccc(-c2nn(C(C)c3nc4ccc(F)cn4c(=O)c3-c3cccc(F)c3)c3ncnc(N)c23)cn1. The molecular formula is C27H20F2N8OS. The highest BCUT2D eigenvalue weighted by Crippen LogP contribution is 2.35. The van der Waals surface area contributed by atoms with Crippen LogP contribution in [0.25, 0.3) is 39.1 Å². The first-order valence-electron chi connectivity index (χ1n) is 11.8. The monoisotopic (exact) mass is 542 g/mol. The molecule has 6 aromatic rings. The number of thioether (sulfide) groups is 1. The summed E-state index contributed by atoms with van der Waals surface area (Å²) in [6.07, 6.45) is 6.02. The summed E-state index contributed by atoms with van der Waals surface area (Å²) in [6.45, 7) is 1.80. The molecule has 0 spiro atoms. The number of nitrogens with zero attached hydrogens (tertiary/aromatic N) is 7. The highest BCUT2D eigenvalue weighted by atomic mass is 32.2. The Morgan fingerprint density at radius 1 is 1.00 bits per heavy atom. The van der Waals surface area contributed by atoms with E-state index in [-0.39, 0.29) is 17.0 Å². The molecule has 1 aromatic carbocycles. The second-order valence-corrected chi connectivity index (χ2v) is 9.61. The number of benzene rings is 1. The zero-order valence-corrected chi connectivity index (χ0v) is 21.5. The van der Waals surface area contributed by atoms with Gasteiger partial charge in [-0.3, -0.25) is 9.20 Å². The Morgan fingerprint density at radius 2 is 1.85 bits per heavy atom. The highest BCUT2D eigenvalue weighted by molar-refractivity contribution is 7.98. The molecule has 0 aliphatic carbocycles. The number of hydrogen-bond acceptors (Lipinski definition) is 8. The number of nitrogens with two attached hydrogens (primary N) is 1. The van der Waals surface area contributed by atoms with E-state index in [1.165, 1.54) is 48.4 Å². The van der Waals surface area contributed by atoms with Crippen molar-refractivity contribution in [1.29, 1.82) is 0 Å². The molecule has 0 aliphatic heterocycles. The van der Waals surface area contributed by atoms with Crippen molar-refractivity contribution < 1.29 is 8.78 Å². The van der Waals surface area contributed by atoms with E-state index in [0.29, 0.717) is 33.5 Å². The zero-order chi connectivity index (χ0) is 27.3. The van der Waals surface area contributed by atoms with Crippen molar-refractivity contribution >= 4 is 34.3 Å². The number of fused-ring (bicyclic) bond motifs is 2. The Hall–Kier alpha value is -4.71. The minimum Gasteiger partial charge on any atom is -0.383 e. The van der Waals surface area contributed by atoms with Crippen LogP contribution in [0.3, 0.4) is 0 Å². The minimum absolute atomic E-state index is 0.114. The van der Waals surface area contributed by atoms with Crippen LogP contribution in [-0.2, 0) is 0 Å². The maximum absolute atomic E-state index is 14.3. The number of anilines is 1. The van der Waals surface area contributed by atoms with Crippen LogP contribution in [-0.4, -0.2) is 40.4 Å². The van der Waals surface area contributed by atoms with Crippen LogP contribution in [0.15, 0.2) is 77.1 Å². The average molecular weight is 543 g/mol. The standard InChI is InChI=1S/C27H20F2N8OS/c1-14(37-26-22(25(30)32-13-33-26)24(35-37)16-6-9-20(39-2)31-11-16)23-21(15-4-3-5-17(28)10-15)27(38)36-12-18(29)7-8-19(36)34-23/h3-14H,1-2H3,(H2,30,32,33). The lowest BCUT2D eigenvalue weighted by atomic mass is 10.0. The molecular weight excluding hydrogens is 522 g/mol. The van der Waals surface area contributed by atoms with Gasteiger partial charge in [0.05, 0.1) is 27.7 Å². The lowest BCUT2D eigenvalue weighted by molar-refractivity contribution is 0.566. The number of halogens is 2. The van der Waals surface area contributed by atoms with Gasteiger partial charge in [-0.05, 0) is 55.1 Å². The Kier molecular flexibility index (Phi) is 6.03. The zero-order valence-electron chi connectivity index (χ0n) is 20.7. The number of nitrogen functional groups attached to an aromatic ring is 1. The second kappa shape index (κ2) is 9.55. The van der Waals surface area contributed by atoms with Crippen molar-refractivity contribution in [2.75, 3.05) is 12.0 Å². The molecule has 5 heterocycles. The fraction of sp³-hybridized carbons (Fsp3) is 0.111. The van der Waals surface area contributed by atoms with Crippen molar-refractivity contribution in [3.63, 3.8) is 0 Å². The van der Waals surface area contributed by atoms with Gasteiger partial charge in [0.2, 0.25) is 0 Å². The summed E-state index contributed by atoms with van der Waals surface area (Å²) in [5, 5.41) is 6.20. The molecule has 0 saturated carbocycles. The number of hydrogen-bond donors (Lipinski definition) is 1. The van der Waals surface area contributed by atoms with Gasteiger partial charge in [0, 0.05) is 18.0 Å². The lowest BCUT2D eigenvalue weighted by Crippen LogP contribution is -2.23. The molecule has 9 nitrogen and oxygen atoms in total. The van der Waals surface area contributed by atoms with Gasteiger partial charge >= 0.3 is 0 Å². The van der Waals surface area contributed by atoms with Crippen molar-refractivity contribution in [1.82, 2.24) is 34.1 Å². The van der Waals surface area contributed by atoms with Gasteiger partial charge < -0.3 is 5.73 Å². The van der Waals surface area contributed by atoms with Gasteiger partial charge in [0.1, 0.15) is 35.1 Å². The van der Waals surface area contributed by atoms with E-state index in [1.54, 1.807) is 23.9 Å². The molecule has 2 N–H and O–H groups in total. The van der Waals surface area contributed by atoms with Crippen LogP contribution >= 0.6 is 11.8 Å². The number of aromatic nitrogens is 7. The molecule has 0 saturated heterocycles. The van der Waals surface area contributed by atoms with Crippen LogP contribution in [0.1, 0.15) is 18.7 Å². The largest absolute Gasteiger partial charge is 0.383 e. The van der Waals surface area contributed by atoms with Gasteiger partial charge in [-0.25, -0.2) is 33.4 Å². The molecule has 0 amide bonds. The quantitative estimate of drug-likeness (QED) is 0.310. The lowest BCUT2D eigenvalue weighted by Gasteiger charge is -2.18. The molecule has 39 heavy (non-hydrogen) atoms. The Morgan fingerprint density at radius 3 is 2.59 bits per heavy atom. The molecule has 6 rings (SSSR count). The number of rotatable bonds is 5. The first kappa shape index (κ1) is 24.6. The van der Waals surface area contributed by atoms with E-state index in [2.05, 4.69) is 15.0 Å². The first-order chi connectivity index (χ1) is 18.9. The fourth-order valence-corrected chi connectivity index (χ4v) is 4.93. The smallest absolute Gasteiger partial charge is 0.266 e. The van der Waals surface area contributed by atoms with Crippen LogP contribution < -0.4 is 11.3 Å². The maximum atomic E-state index is 14.3. The molecule has 0 fully saturated rings. The highest BCUT2D eigenvalue weighted by Gasteiger charge is 2.26. The van der Waals surface area contributed by atoms with Crippen molar-refractivity contribution in [2.45, 2.75) is 18.0 Å². The third kappa shape index (κ3) is 4.18. The van der Waals surface area contributed by atoms with Crippen molar-refractivity contribution in [2.24, 2.45) is 0 Å². The van der Waals surface area contributed by atoms with Gasteiger partial charge in [0.15, 0.2) is 5.65 Å². The van der Waals surface area contributed by atoms with Gasteiger partial charge in [0.25, 0.3) is 5.56 Å². The van der Waals surface area contributed by atoms with E-state index in [1.807, 2.05) is 18.4 Å². The predicted octanol–water partition coefficient (Wildman–Crippen LogP) is 4.75. The summed E-state index contributed by atoms with van der Waals surface area (Å²) in [7, 11) is 0. The minimum atomic E-state index is -0.671. The van der Waals surface area contributed by atoms with Gasteiger partial charge in [-0.15, -0.1) is 11.8 Å². The molecule has 12 heteroatoms. The summed E-state index contributed by atoms with van der Waals surface area (Å²) < 4.78 is 31.1.